The lowest BCUT2D eigenvalue weighted by Crippen LogP contribution is -2.27. The molecule has 0 radical (unpaired) electrons. The molecule has 0 spiro atoms. The lowest BCUT2D eigenvalue weighted by Gasteiger charge is -2.18. The van der Waals surface area contributed by atoms with Crippen molar-refractivity contribution in [2.75, 3.05) is 19.9 Å². The van der Waals surface area contributed by atoms with Crippen LogP contribution in [0.15, 0.2) is 42.6 Å². The van der Waals surface area contributed by atoms with Crippen molar-refractivity contribution < 1.29 is 9.53 Å². The molecular weight excluding hydrogens is 254 g/mol. The van der Waals surface area contributed by atoms with Crippen molar-refractivity contribution in [3.05, 3.63) is 53.7 Å². The molecule has 0 bridgehead atoms. The quantitative estimate of drug-likeness (QED) is 0.922. The molecule has 1 aromatic carbocycles. The van der Waals surface area contributed by atoms with Gasteiger partial charge in [-0.2, -0.15) is 0 Å². The van der Waals surface area contributed by atoms with Gasteiger partial charge < -0.3 is 15.4 Å². The highest BCUT2D eigenvalue weighted by molar-refractivity contribution is 5.98. The van der Waals surface area contributed by atoms with Crippen LogP contribution in [0.25, 0.3) is 0 Å². The second-order valence-corrected chi connectivity index (χ2v) is 4.45. The molecule has 1 aromatic heterocycles. The zero-order chi connectivity index (χ0) is 14.5. The number of carbonyl (C=O) groups excluding carboxylic acids is 1. The number of rotatable bonds is 4. The van der Waals surface area contributed by atoms with Gasteiger partial charge in [0, 0.05) is 19.8 Å². The van der Waals surface area contributed by atoms with Crippen molar-refractivity contribution in [2.45, 2.75) is 6.54 Å². The van der Waals surface area contributed by atoms with Crippen LogP contribution in [-0.2, 0) is 6.54 Å². The van der Waals surface area contributed by atoms with Crippen LogP contribution >= 0.6 is 0 Å². The summed E-state index contributed by atoms with van der Waals surface area (Å²) >= 11 is 0. The molecule has 0 aliphatic heterocycles. The van der Waals surface area contributed by atoms with Gasteiger partial charge in [-0.3, -0.25) is 4.79 Å². The molecule has 0 saturated heterocycles. The molecule has 0 aliphatic carbocycles. The molecule has 5 nitrogen and oxygen atoms in total. The molecule has 0 unspecified atom stereocenters. The highest BCUT2D eigenvalue weighted by atomic mass is 16.5. The summed E-state index contributed by atoms with van der Waals surface area (Å²) in [5.41, 5.74) is 7.12. The fourth-order valence-corrected chi connectivity index (χ4v) is 1.92. The van der Waals surface area contributed by atoms with Crippen LogP contribution in [0.1, 0.15) is 15.9 Å². The SMILES string of the molecule is COc1cccc(CN(C)C(=O)c2cccnc2N)c1. The van der Waals surface area contributed by atoms with Crippen LogP contribution < -0.4 is 10.5 Å². The number of amides is 1. The fraction of sp³-hybridized carbons (Fsp3) is 0.200. The van der Waals surface area contributed by atoms with Crippen LogP contribution in [0, 0.1) is 0 Å². The monoisotopic (exact) mass is 271 g/mol. The second-order valence-electron chi connectivity index (χ2n) is 4.45. The molecule has 20 heavy (non-hydrogen) atoms. The number of methoxy groups -OCH3 is 1. The number of ether oxygens (including phenoxy) is 1. The van der Waals surface area contributed by atoms with Gasteiger partial charge in [0.05, 0.1) is 12.7 Å². The third kappa shape index (κ3) is 3.06. The first-order valence-corrected chi connectivity index (χ1v) is 6.20. The van der Waals surface area contributed by atoms with Gasteiger partial charge in [-0.1, -0.05) is 12.1 Å². The van der Waals surface area contributed by atoms with Gasteiger partial charge >= 0.3 is 0 Å². The van der Waals surface area contributed by atoms with Crippen molar-refractivity contribution in [3.8, 4) is 5.75 Å². The van der Waals surface area contributed by atoms with Gasteiger partial charge in [0.2, 0.25) is 0 Å². The number of benzene rings is 1. The lowest BCUT2D eigenvalue weighted by molar-refractivity contribution is 0.0785. The number of hydrogen-bond donors (Lipinski definition) is 1. The Morgan fingerprint density at radius 3 is 2.85 bits per heavy atom. The van der Waals surface area contributed by atoms with Gasteiger partial charge in [-0.15, -0.1) is 0 Å². The predicted octanol–water partition coefficient (Wildman–Crippen LogP) is 1.94. The maximum absolute atomic E-state index is 12.3. The molecule has 0 atom stereocenters. The van der Waals surface area contributed by atoms with E-state index in [2.05, 4.69) is 4.98 Å². The number of anilines is 1. The van der Waals surface area contributed by atoms with E-state index in [1.54, 1.807) is 37.4 Å². The second kappa shape index (κ2) is 6.06. The Kier molecular flexibility index (Phi) is 4.20. The Morgan fingerprint density at radius 2 is 2.15 bits per heavy atom. The molecule has 2 N–H and O–H groups in total. The third-order valence-electron chi connectivity index (χ3n) is 2.97. The van der Waals surface area contributed by atoms with E-state index in [1.807, 2.05) is 24.3 Å². The van der Waals surface area contributed by atoms with E-state index in [4.69, 9.17) is 10.5 Å². The Morgan fingerprint density at radius 1 is 1.35 bits per heavy atom. The zero-order valence-electron chi connectivity index (χ0n) is 11.5. The molecule has 0 saturated carbocycles. The van der Waals surface area contributed by atoms with Crippen LogP contribution in [0.4, 0.5) is 5.82 Å². The predicted molar refractivity (Wildman–Crippen MR) is 77.4 cm³/mol. The average molecular weight is 271 g/mol. The minimum absolute atomic E-state index is 0.154. The van der Waals surface area contributed by atoms with Crippen molar-refractivity contribution >= 4 is 11.7 Å². The standard InChI is InChI=1S/C15H17N3O2/c1-18(10-11-5-3-6-12(9-11)20-2)15(19)13-7-4-8-17-14(13)16/h3-9H,10H2,1-2H3,(H2,16,17). The zero-order valence-corrected chi connectivity index (χ0v) is 11.5. The first-order valence-electron chi connectivity index (χ1n) is 6.20. The topological polar surface area (TPSA) is 68.5 Å². The Hall–Kier alpha value is -2.56. The van der Waals surface area contributed by atoms with Crippen LogP contribution in [0.3, 0.4) is 0 Å². The summed E-state index contributed by atoms with van der Waals surface area (Å²) in [6, 6.07) is 11.0. The number of aromatic nitrogens is 1. The summed E-state index contributed by atoms with van der Waals surface area (Å²) in [6.07, 6.45) is 1.56. The maximum Gasteiger partial charge on any atom is 0.257 e. The van der Waals surface area contributed by atoms with Crippen molar-refractivity contribution in [3.63, 3.8) is 0 Å². The maximum atomic E-state index is 12.3. The highest BCUT2D eigenvalue weighted by Gasteiger charge is 2.15. The van der Waals surface area contributed by atoms with E-state index in [1.165, 1.54) is 0 Å². The van der Waals surface area contributed by atoms with E-state index in [0.717, 1.165) is 11.3 Å². The molecule has 1 amide bonds. The van der Waals surface area contributed by atoms with E-state index in [-0.39, 0.29) is 11.7 Å². The number of nitrogens with two attached hydrogens (primary N) is 1. The van der Waals surface area contributed by atoms with Gasteiger partial charge in [-0.25, -0.2) is 4.98 Å². The number of hydrogen-bond acceptors (Lipinski definition) is 4. The number of pyridine rings is 1. The minimum atomic E-state index is -0.154. The summed E-state index contributed by atoms with van der Waals surface area (Å²) < 4.78 is 5.17. The third-order valence-corrected chi connectivity index (χ3v) is 2.97. The number of nitrogen functional groups attached to an aromatic ring is 1. The van der Waals surface area contributed by atoms with E-state index in [9.17, 15) is 4.79 Å². The molecule has 2 aromatic rings. The highest BCUT2D eigenvalue weighted by Crippen LogP contribution is 2.16. The van der Waals surface area contributed by atoms with E-state index < -0.39 is 0 Å². The first kappa shape index (κ1) is 13.9. The minimum Gasteiger partial charge on any atom is -0.497 e. The van der Waals surface area contributed by atoms with Crippen LogP contribution in [0.5, 0.6) is 5.75 Å². The first-order chi connectivity index (χ1) is 9.61. The Bertz CT molecular complexity index is 614. The average Bonchev–Trinajstić information content (AvgIpc) is 2.47. The van der Waals surface area contributed by atoms with E-state index >= 15 is 0 Å². The summed E-state index contributed by atoms with van der Waals surface area (Å²) in [4.78, 5) is 17.8. The van der Waals surface area contributed by atoms with Gasteiger partial charge in [0.25, 0.3) is 5.91 Å². The fourth-order valence-electron chi connectivity index (χ4n) is 1.92. The van der Waals surface area contributed by atoms with Crippen molar-refractivity contribution in [2.24, 2.45) is 0 Å². The summed E-state index contributed by atoms with van der Waals surface area (Å²) in [5.74, 6) is 0.859. The van der Waals surface area contributed by atoms with Crippen LogP contribution in [0.2, 0.25) is 0 Å². The number of nitrogens with zero attached hydrogens (tertiary/aromatic N) is 2. The van der Waals surface area contributed by atoms with Crippen molar-refractivity contribution in [1.29, 1.82) is 0 Å². The molecule has 5 heteroatoms. The summed E-state index contributed by atoms with van der Waals surface area (Å²) in [6.45, 7) is 0.477. The Balaban J connectivity index is 2.13. The Labute approximate surface area is 118 Å². The van der Waals surface area contributed by atoms with Crippen molar-refractivity contribution in [1.82, 2.24) is 9.88 Å². The van der Waals surface area contributed by atoms with Crippen LogP contribution in [-0.4, -0.2) is 29.9 Å². The summed E-state index contributed by atoms with van der Waals surface area (Å²) in [5, 5.41) is 0. The van der Waals surface area contributed by atoms with E-state index in [0.29, 0.717) is 12.1 Å². The molecule has 0 aliphatic rings. The molecule has 1 heterocycles. The molecule has 2 rings (SSSR count). The molecular formula is C15H17N3O2. The molecule has 104 valence electrons. The number of carbonyl (C=O) groups is 1. The smallest absolute Gasteiger partial charge is 0.257 e. The largest absolute Gasteiger partial charge is 0.497 e. The van der Waals surface area contributed by atoms with Gasteiger partial charge in [0.1, 0.15) is 11.6 Å². The normalized spacial score (nSPS) is 10.1. The van der Waals surface area contributed by atoms with Gasteiger partial charge in [0.15, 0.2) is 0 Å². The lowest BCUT2D eigenvalue weighted by atomic mass is 10.2. The van der Waals surface area contributed by atoms with Gasteiger partial charge in [-0.05, 0) is 29.8 Å². The summed E-state index contributed by atoms with van der Waals surface area (Å²) in [7, 11) is 3.35. The molecule has 0 fully saturated rings.